The van der Waals surface area contributed by atoms with E-state index in [1.54, 1.807) is 17.5 Å². The number of H-pyrrole nitrogens is 1. The number of para-hydroxylation sites is 1. The number of ether oxygens (including phenoxy) is 4. The summed E-state index contributed by atoms with van der Waals surface area (Å²) in [5.41, 5.74) is 0.411. The Kier molecular flexibility index (Phi) is 20.4. The van der Waals surface area contributed by atoms with Gasteiger partial charge in [0.15, 0.2) is 5.13 Å². The van der Waals surface area contributed by atoms with Crippen molar-refractivity contribution in [1.82, 2.24) is 24.8 Å². The molecule has 25 aliphatic rings. The zero-order chi connectivity index (χ0) is 76.9. The molecule has 29 rings (SSSR count). The van der Waals surface area contributed by atoms with E-state index >= 15 is 0 Å². The molecule has 1 aromatic carbocycles. The minimum absolute atomic E-state index is 0.315. The van der Waals surface area contributed by atoms with E-state index in [0.717, 1.165) is 173 Å². The molecule has 8 spiro atoms. The maximum absolute atomic E-state index is 13.1. The molecule has 624 valence electrons. The highest BCUT2D eigenvalue weighted by molar-refractivity contribution is 7.85. The van der Waals surface area contributed by atoms with Crippen molar-refractivity contribution in [2.24, 2.45) is 107 Å². The molecule has 5 aliphatic heterocycles. The second kappa shape index (κ2) is 30.0. The van der Waals surface area contributed by atoms with Gasteiger partial charge in [0.1, 0.15) is 16.4 Å². The lowest BCUT2D eigenvalue weighted by Gasteiger charge is -2.57. The molecule has 24 nitrogen and oxygen atoms in total. The molecule has 1 amide bonds. The Morgan fingerprint density at radius 3 is 1.22 bits per heavy atom. The Morgan fingerprint density at radius 1 is 0.474 bits per heavy atom. The van der Waals surface area contributed by atoms with E-state index in [2.05, 4.69) is 59.3 Å². The van der Waals surface area contributed by atoms with E-state index in [9.17, 15) is 18.3 Å². The molecular weight excluding hydrogens is 1510 g/mol. The molecule has 0 atom stereocenters. The summed E-state index contributed by atoms with van der Waals surface area (Å²) in [6, 6.07) is 10.5. The van der Waals surface area contributed by atoms with Crippen LogP contribution in [0.2, 0.25) is 0 Å². The maximum atomic E-state index is 13.1. The lowest BCUT2D eigenvalue weighted by Crippen LogP contribution is -2.59. The minimum atomic E-state index is -3.67. The highest BCUT2D eigenvalue weighted by atomic mass is 32.2. The summed E-state index contributed by atoms with van der Waals surface area (Å²) in [6.07, 6.45) is 48.9. The summed E-state index contributed by atoms with van der Waals surface area (Å²) in [6.45, 7) is 4.45. The van der Waals surface area contributed by atoms with Gasteiger partial charge in [0, 0.05) is 185 Å². The Labute approximate surface area is 679 Å². The standard InChI is InChI=1S/C28H38N2O4.C20H28N2O3S.C19H26N2O3.C19H25NO4S.CH4O3S/c31-26(30-12-10-29(11-13-30)25-4-2-1-3-5-25)19-20-6-8-27(9-7-20)32-28(34-33-27)23-15-21-14-22(17-23)18-24(28)16-21;1-3-19(4-2-13(1)12-22-18-21-5-6-26-18)23-20(25-24-19)16-8-14-7-15(10-16)11-17(20)9-14;1-3-18(4-2-14(1)17-20-5-6-21-17)22-19(24-23-18)15-8-12-7-13(10-15)11-16(19)9-12;21-17(16-20-5-6-25-16)1-3-18(4-2-17)22-19(24-23-18)14-8-12-7-13(10-14)11-15(19)9-12;1-5(2,3)4/h1-5,20-24H,6-19H2;5-6,13-17H,1-4,7-12H2,(H,21,22);5-6,12-16H,1-4,7-11H2,(H,20,21);5-6,12-15,21H,1-4,7-11H2;1H3,(H,2,3,4). The van der Waals surface area contributed by atoms with Gasteiger partial charge in [-0.1, -0.05) is 18.2 Å². The first-order valence-corrected chi connectivity index (χ1v) is 48.3. The van der Waals surface area contributed by atoms with E-state index < -0.39 is 62.0 Å². The van der Waals surface area contributed by atoms with Crippen LogP contribution in [-0.2, 0) is 78.6 Å². The van der Waals surface area contributed by atoms with E-state index in [-0.39, 0.29) is 0 Å². The summed E-state index contributed by atoms with van der Waals surface area (Å²) < 4.78 is 52.9. The molecule has 16 bridgehead atoms. The number of anilines is 2. The molecule has 0 radical (unpaired) electrons. The van der Waals surface area contributed by atoms with Crippen molar-refractivity contribution < 1.29 is 80.9 Å². The van der Waals surface area contributed by atoms with Gasteiger partial charge in [0.25, 0.3) is 10.1 Å². The van der Waals surface area contributed by atoms with Crippen LogP contribution in [0.4, 0.5) is 10.8 Å². The highest BCUT2D eigenvalue weighted by Crippen LogP contribution is 2.69. The molecule has 8 heterocycles. The normalized spacial score (nSPS) is 47.6. The first-order valence-electron chi connectivity index (χ1n) is 44.7. The smallest absolute Gasteiger partial charge is 0.261 e. The van der Waals surface area contributed by atoms with Gasteiger partial charge >= 0.3 is 0 Å². The van der Waals surface area contributed by atoms with E-state index in [4.69, 9.17) is 62.6 Å². The SMILES string of the molecule is CS(=O)(=O)O.O=C(CC1CCC2(CC1)OOC1(O2)C2CC3CC(C2)CC1C3)N1CCN(c2ccccc2)CC1.OC1(c2nccs2)CCC2(CC1)OOC1(O2)C2CC3CC(C2)CC1C3.c1c[nH]c(C2CCC3(CC2)OOC2(O3)C3CC4CC(C3)CC2C4)n1.c1csc(NCC2CCC3(CC2)OOC2(O3)C3CC4CC(C3)CC2C4)n1. The fourth-order valence-electron chi connectivity index (χ4n) is 28.1. The van der Waals surface area contributed by atoms with Crippen LogP contribution in [0.15, 0.2) is 65.9 Å². The summed E-state index contributed by atoms with van der Waals surface area (Å²) in [5.74, 6) is 10.3. The summed E-state index contributed by atoms with van der Waals surface area (Å²) in [5, 5.41) is 20.2. The number of carbonyl (C=O) groups excluding carboxylic acids is 1. The molecule has 20 aliphatic carbocycles. The van der Waals surface area contributed by atoms with Gasteiger partial charge in [-0.3, -0.25) is 9.35 Å². The fraction of sp³-hybridized carbons (Fsp3) is 0.816. The van der Waals surface area contributed by atoms with Gasteiger partial charge in [-0.15, -0.1) is 22.7 Å². The van der Waals surface area contributed by atoms with Crippen LogP contribution in [0.3, 0.4) is 0 Å². The number of piperazine rings is 1. The van der Waals surface area contributed by atoms with Crippen LogP contribution in [0, 0.1) is 107 Å². The number of benzene rings is 1. The van der Waals surface area contributed by atoms with E-state index in [1.165, 1.54) is 145 Å². The zero-order valence-corrected chi connectivity index (χ0v) is 68.9. The number of rotatable bonds is 8. The number of aromatic nitrogens is 4. The molecule has 27 heteroatoms. The van der Waals surface area contributed by atoms with Crippen molar-refractivity contribution in [3.8, 4) is 0 Å². The molecule has 20 saturated carbocycles. The van der Waals surface area contributed by atoms with Crippen LogP contribution < -0.4 is 10.2 Å². The van der Waals surface area contributed by atoms with Crippen molar-refractivity contribution >= 4 is 49.5 Å². The predicted molar refractivity (Wildman–Crippen MR) is 419 cm³/mol. The minimum Gasteiger partial charge on any atom is -0.383 e. The third kappa shape index (κ3) is 14.5. The molecule has 5 saturated heterocycles. The van der Waals surface area contributed by atoms with Crippen LogP contribution in [0.25, 0.3) is 0 Å². The summed E-state index contributed by atoms with van der Waals surface area (Å²) >= 11 is 3.19. The topological polar surface area (TPSA) is 275 Å². The van der Waals surface area contributed by atoms with Crippen LogP contribution in [-0.4, -0.2) is 134 Å². The Morgan fingerprint density at radius 2 is 0.851 bits per heavy atom. The molecule has 4 aromatic rings. The Balaban J connectivity index is 0.0000000943. The predicted octanol–water partition coefficient (Wildman–Crippen LogP) is 16.4. The second-order valence-electron chi connectivity index (χ2n) is 40.2. The summed E-state index contributed by atoms with van der Waals surface area (Å²) in [7, 11) is -3.67. The largest absolute Gasteiger partial charge is 0.383 e. The van der Waals surface area contributed by atoms with Gasteiger partial charge in [-0.05, 0) is 251 Å². The number of aliphatic hydroxyl groups is 1. The van der Waals surface area contributed by atoms with Gasteiger partial charge in [-0.25, -0.2) is 15.0 Å². The van der Waals surface area contributed by atoms with Gasteiger partial charge in [0.05, 0.1) is 6.26 Å². The molecule has 3 aromatic heterocycles. The van der Waals surface area contributed by atoms with Crippen molar-refractivity contribution in [3.05, 3.63) is 76.7 Å². The number of hydrogen-bond donors (Lipinski definition) is 4. The average Bonchev–Trinajstić information content (AvgIpc) is 1.50. The molecule has 4 N–H and O–H groups in total. The number of carbonyl (C=O) groups is 1. The van der Waals surface area contributed by atoms with Gasteiger partial charge in [-0.2, -0.15) is 47.5 Å². The Bertz CT molecular complexity index is 3980. The second-order valence-corrected chi connectivity index (χ2v) is 43.4. The van der Waals surface area contributed by atoms with Gasteiger partial charge in [0.2, 0.25) is 52.2 Å². The number of nitrogens with zero attached hydrogens (tertiary/aromatic N) is 5. The van der Waals surface area contributed by atoms with Crippen molar-refractivity contribution in [2.45, 2.75) is 295 Å². The third-order valence-corrected chi connectivity index (χ3v) is 34.7. The number of nitrogens with one attached hydrogen (secondary N) is 2. The van der Waals surface area contributed by atoms with Crippen molar-refractivity contribution in [3.63, 3.8) is 0 Å². The number of thiazole rings is 2. The molecule has 0 unspecified atom stereocenters. The van der Waals surface area contributed by atoms with Crippen LogP contribution in [0.1, 0.15) is 254 Å². The number of imidazole rings is 1. The lowest BCUT2D eigenvalue weighted by atomic mass is 9.53. The maximum Gasteiger partial charge on any atom is 0.261 e. The van der Waals surface area contributed by atoms with Gasteiger partial charge < -0.3 is 44.2 Å². The number of aromatic amines is 1. The lowest BCUT2D eigenvalue weighted by molar-refractivity contribution is -0.391. The van der Waals surface area contributed by atoms with Crippen molar-refractivity contribution in [2.75, 3.05) is 49.2 Å². The van der Waals surface area contributed by atoms with Crippen LogP contribution >= 0.6 is 22.7 Å². The zero-order valence-electron chi connectivity index (χ0n) is 66.5. The number of amides is 1. The Hall–Kier alpha value is -3.85. The highest BCUT2D eigenvalue weighted by Gasteiger charge is 2.72. The molecule has 25 fully saturated rings. The first-order chi connectivity index (χ1) is 55.2. The van der Waals surface area contributed by atoms with E-state index in [1.807, 2.05) is 35.4 Å². The monoisotopic (exact) mass is 1630 g/mol. The van der Waals surface area contributed by atoms with Crippen molar-refractivity contribution in [1.29, 1.82) is 0 Å². The quantitative estimate of drug-likeness (QED) is 0.0942. The average molecular weight is 1630 g/mol. The molecule has 114 heavy (non-hydrogen) atoms. The summed E-state index contributed by atoms with van der Waals surface area (Å²) in [4.78, 5) is 82.2. The van der Waals surface area contributed by atoms with Crippen LogP contribution in [0.5, 0.6) is 0 Å². The third-order valence-electron chi connectivity index (χ3n) is 33.0. The number of hydrogen-bond acceptors (Lipinski definition) is 23. The first kappa shape index (κ1) is 77.5. The molecular formula is C87H121N7O17S3. The van der Waals surface area contributed by atoms with E-state index in [0.29, 0.717) is 109 Å². The fourth-order valence-corrected chi connectivity index (χ4v) is 29.5.